The SMILES string of the molecule is C=C/C(C)=C(C)/N=C(/C=C(/NCCCC)C(C)CC)c1ccccc1C.CC.CCC(C)C1CCC(C)CC1.CN. The summed E-state index contributed by atoms with van der Waals surface area (Å²) < 4.78 is 0. The zero-order valence-electron chi connectivity index (χ0n) is 29.4. The summed E-state index contributed by atoms with van der Waals surface area (Å²) in [4.78, 5) is 4.97. The molecule has 1 saturated carbocycles. The summed E-state index contributed by atoms with van der Waals surface area (Å²) in [6, 6.07) is 8.46. The molecule has 0 heterocycles. The van der Waals surface area contributed by atoms with E-state index in [-0.39, 0.29) is 0 Å². The Balaban J connectivity index is 0. The summed E-state index contributed by atoms with van der Waals surface area (Å²) >= 11 is 0. The molecule has 236 valence electrons. The summed E-state index contributed by atoms with van der Waals surface area (Å²) in [5.74, 6) is 3.51. The molecule has 0 saturated heterocycles. The Morgan fingerprint density at radius 1 is 1.02 bits per heavy atom. The second-order valence-corrected chi connectivity index (χ2v) is 11.4. The van der Waals surface area contributed by atoms with Gasteiger partial charge in [0.25, 0.3) is 0 Å². The van der Waals surface area contributed by atoms with Crippen LogP contribution in [0.1, 0.15) is 132 Å². The standard InChI is InChI=1S/C24H36N2.C11H22.C2H6.CH5N/c1-8-11-16-25-23(19(5)10-3)17-24(26-21(7)18(4)9-2)22-15-13-12-14-20(22)6;1-4-10(3)11-7-5-9(2)6-8-11;2*1-2/h9,12-15,17,19,25H,2,8,10-11,16H2,1,3-7H3;9-11H,4-8H2,1-3H3;1-2H3;2H2,1H3/b21-18+,23-17+,26-24-;;;. The number of aryl methyl sites for hydroxylation is 1. The van der Waals surface area contributed by atoms with Gasteiger partial charge < -0.3 is 11.1 Å². The van der Waals surface area contributed by atoms with E-state index in [4.69, 9.17) is 4.99 Å². The van der Waals surface area contributed by atoms with Gasteiger partial charge in [0.15, 0.2) is 0 Å². The first-order valence-corrected chi connectivity index (χ1v) is 16.7. The van der Waals surface area contributed by atoms with Crippen molar-refractivity contribution in [1.82, 2.24) is 5.32 Å². The van der Waals surface area contributed by atoms with Gasteiger partial charge in [0, 0.05) is 23.5 Å². The minimum Gasteiger partial charge on any atom is -0.388 e. The Hall–Kier alpha value is -2.13. The number of nitrogens with zero attached hydrogens (tertiary/aromatic N) is 1. The number of nitrogens with two attached hydrogens (primary N) is 1. The first-order valence-electron chi connectivity index (χ1n) is 16.7. The monoisotopic (exact) mass is 568 g/mol. The quantitative estimate of drug-likeness (QED) is 0.150. The molecule has 2 atom stereocenters. The molecule has 2 unspecified atom stereocenters. The van der Waals surface area contributed by atoms with Gasteiger partial charge in [0.05, 0.1) is 5.71 Å². The van der Waals surface area contributed by atoms with Crippen molar-refractivity contribution < 1.29 is 0 Å². The van der Waals surface area contributed by atoms with E-state index in [1.54, 1.807) is 0 Å². The smallest absolute Gasteiger partial charge is 0.0725 e. The molecule has 3 heteroatoms. The molecule has 0 aromatic heterocycles. The Morgan fingerprint density at radius 2 is 1.61 bits per heavy atom. The maximum Gasteiger partial charge on any atom is 0.0725 e. The molecule has 0 aliphatic heterocycles. The van der Waals surface area contributed by atoms with Crippen LogP contribution in [-0.2, 0) is 0 Å². The maximum absolute atomic E-state index is 4.97. The number of benzene rings is 1. The van der Waals surface area contributed by atoms with Crippen molar-refractivity contribution in [2.75, 3.05) is 13.6 Å². The molecule has 1 aliphatic carbocycles. The minimum absolute atomic E-state index is 0.478. The second-order valence-electron chi connectivity index (χ2n) is 11.4. The lowest BCUT2D eigenvalue weighted by Crippen LogP contribution is -2.21. The van der Waals surface area contributed by atoms with E-state index in [1.165, 1.54) is 68.8 Å². The number of aliphatic imine (C=N–C) groups is 1. The Labute approximate surface area is 257 Å². The van der Waals surface area contributed by atoms with Crippen LogP contribution in [0.15, 0.2) is 65.0 Å². The van der Waals surface area contributed by atoms with Gasteiger partial charge in [-0.2, -0.15) is 0 Å². The van der Waals surface area contributed by atoms with Crippen molar-refractivity contribution in [3.63, 3.8) is 0 Å². The predicted octanol–water partition coefficient (Wildman–Crippen LogP) is 11.0. The average molecular weight is 568 g/mol. The van der Waals surface area contributed by atoms with Crippen molar-refractivity contribution in [1.29, 1.82) is 0 Å². The summed E-state index contributed by atoms with van der Waals surface area (Å²) in [5, 5.41) is 3.65. The Morgan fingerprint density at radius 3 is 2.10 bits per heavy atom. The topological polar surface area (TPSA) is 50.4 Å². The lowest BCUT2D eigenvalue weighted by atomic mass is 9.76. The van der Waals surface area contributed by atoms with Crippen LogP contribution in [0.3, 0.4) is 0 Å². The molecule has 3 nitrogen and oxygen atoms in total. The van der Waals surface area contributed by atoms with Crippen LogP contribution in [0.25, 0.3) is 0 Å². The molecular formula is C38H69N3. The number of rotatable bonds is 12. The highest BCUT2D eigenvalue weighted by Crippen LogP contribution is 2.34. The van der Waals surface area contributed by atoms with Crippen LogP contribution in [0.2, 0.25) is 0 Å². The third-order valence-electron chi connectivity index (χ3n) is 8.39. The fraction of sp³-hybridized carbons (Fsp3) is 0.658. The van der Waals surface area contributed by atoms with Crippen molar-refractivity contribution >= 4 is 5.71 Å². The molecule has 41 heavy (non-hydrogen) atoms. The van der Waals surface area contributed by atoms with E-state index >= 15 is 0 Å². The second kappa shape index (κ2) is 25.6. The third kappa shape index (κ3) is 16.8. The van der Waals surface area contributed by atoms with Crippen molar-refractivity contribution in [2.45, 2.75) is 128 Å². The van der Waals surface area contributed by atoms with E-state index in [9.17, 15) is 0 Å². The number of allylic oxidation sites excluding steroid dienone is 5. The van der Waals surface area contributed by atoms with Gasteiger partial charge in [-0.25, -0.2) is 0 Å². The van der Waals surface area contributed by atoms with Crippen LogP contribution in [0, 0.1) is 30.6 Å². The third-order valence-corrected chi connectivity index (χ3v) is 8.39. The molecule has 3 N–H and O–H groups in total. The molecule has 2 rings (SSSR count). The van der Waals surface area contributed by atoms with Crippen LogP contribution in [0.5, 0.6) is 0 Å². The molecule has 1 aromatic carbocycles. The van der Waals surface area contributed by atoms with E-state index in [0.29, 0.717) is 5.92 Å². The molecular weight excluding hydrogens is 498 g/mol. The molecule has 1 aromatic rings. The lowest BCUT2D eigenvalue weighted by Gasteiger charge is -2.30. The molecule has 0 bridgehead atoms. The minimum atomic E-state index is 0.478. The summed E-state index contributed by atoms with van der Waals surface area (Å²) in [6.45, 7) is 29.0. The van der Waals surface area contributed by atoms with Crippen LogP contribution in [-0.4, -0.2) is 19.3 Å². The van der Waals surface area contributed by atoms with Crippen LogP contribution < -0.4 is 11.1 Å². The van der Waals surface area contributed by atoms with Gasteiger partial charge in [-0.15, -0.1) is 0 Å². The first-order chi connectivity index (χ1) is 19.7. The van der Waals surface area contributed by atoms with Crippen molar-refractivity contribution in [3.05, 3.63) is 71.1 Å². The van der Waals surface area contributed by atoms with E-state index in [0.717, 1.165) is 47.7 Å². The van der Waals surface area contributed by atoms with E-state index < -0.39 is 0 Å². The fourth-order valence-corrected chi connectivity index (χ4v) is 4.78. The molecule has 0 spiro atoms. The van der Waals surface area contributed by atoms with Gasteiger partial charge in [0.2, 0.25) is 0 Å². The first kappa shape index (κ1) is 41.0. The molecule has 0 amide bonds. The van der Waals surface area contributed by atoms with Gasteiger partial charge in [-0.05, 0) is 94.4 Å². The largest absolute Gasteiger partial charge is 0.388 e. The van der Waals surface area contributed by atoms with Gasteiger partial charge in [-0.3, -0.25) is 4.99 Å². The van der Waals surface area contributed by atoms with Crippen molar-refractivity contribution in [3.8, 4) is 0 Å². The van der Waals surface area contributed by atoms with Gasteiger partial charge >= 0.3 is 0 Å². The number of unbranched alkanes of at least 4 members (excludes halogenated alkanes) is 1. The number of nitrogens with one attached hydrogen (secondary N) is 1. The lowest BCUT2D eigenvalue weighted by molar-refractivity contribution is 0.219. The van der Waals surface area contributed by atoms with Crippen LogP contribution in [0.4, 0.5) is 0 Å². The molecule has 1 aliphatic rings. The van der Waals surface area contributed by atoms with Gasteiger partial charge in [-0.1, -0.05) is 118 Å². The Bertz CT molecular complexity index is 885. The zero-order chi connectivity index (χ0) is 31.8. The molecule has 0 radical (unpaired) electrons. The normalized spacial score (nSPS) is 19.0. The highest BCUT2D eigenvalue weighted by Gasteiger charge is 2.21. The van der Waals surface area contributed by atoms with Crippen LogP contribution >= 0.6 is 0 Å². The fourth-order valence-electron chi connectivity index (χ4n) is 4.78. The van der Waals surface area contributed by atoms with E-state index in [1.807, 2.05) is 19.9 Å². The molecule has 1 fully saturated rings. The summed E-state index contributed by atoms with van der Waals surface area (Å²) in [7, 11) is 1.50. The highest BCUT2D eigenvalue weighted by atomic mass is 14.9. The highest BCUT2D eigenvalue weighted by molar-refractivity contribution is 6.10. The number of hydrogen-bond acceptors (Lipinski definition) is 3. The van der Waals surface area contributed by atoms with Gasteiger partial charge in [0.1, 0.15) is 0 Å². The maximum atomic E-state index is 4.97. The Kier molecular flexibility index (Phi) is 25.6. The van der Waals surface area contributed by atoms with Crippen molar-refractivity contribution in [2.24, 2.45) is 34.4 Å². The summed E-state index contributed by atoms with van der Waals surface area (Å²) in [5.41, 5.74) is 11.3. The predicted molar refractivity (Wildman–Crippen MR) is 189 cm³/mol. The van der Waals surface area contributed by atoms with E-state index in [2.05, 4.69) is 110 Å². The number of hydrogen-bond donors (Lipinski definition) is 2. The summed E-state index contributed by atoms with van der Waals surface area (Å²) in [6.07, 6.45) is 14.9. The average Bonchev–Trinajstić information content (AvgIpc) is 3.01. The zero-order valence-corrected chi connectivity index (χ0v) is 29.4.